The number of rotatable bonds is 7. The van der Waals surface area contributed by atoms with Gasteiger partial charge >= 0.3 is 0 Å². The van der Waals surface area contributed by atoms with Gasteiger partial charge < -0.3 is 0 Å². The lowest BCUT2D eigenvalue weighted by Gasteiger charge is -2.34. The summed E-state index contributed by atoms with van der Waals surface area (Å²) in [5, 5.41) is 4.64. The molecule has 1 aliphatic carbocycles. The molecule has 1 aliphatic rings. The minimum absolute atomic E-state index is 0.469. The van der Waals surface area contributed by atoms with Crippen LogP contribution in [0.25, 0.3) is 89.1 Å². The quantitative estimate of drug-likeness (QED) is 0.161. The molecule has 0 unspecified atom stereocenters. The van der Waals surface area contributed by atoms with Crippen molar-refractivity contribution in [2.75, 3.05) is 0 Å². The molecule has 0 saturated carbocycles. The monoisotopic (exact) mass is 801 g/mol. The van der Waals surface area contributed by atoms with Gasteiger partial charge in [-0.1, -0.05) is 224 Å². The lowest BCUT2D eigenvalue weighted by Crippen LogP contribution is -2.28. The van der Waals surface area contributed by atoms with Crippen LogP contribution in [0.5, 0.6) is 0 Å². The molecule has 0 fully saturated rings. The Balaban J connectivity index is 1.02. The summed E-state index contributed by atoms with van der Waals surface area (Å²) in [6, 6.07) is 85.0. The van der Waals surface area contributed by atoms with Gasteiger partial charge in [0.25, 0.3) is 0 Å². The normalized spacial score (nSPS) is 12.6. The maximum atomic E-state index is 5.11. The number of fused-ring (bicyclic) bond motifs is 5. The number of aromatic nitrogens is 3. The first-order chi connectivity index (χ1) is 31.3. The minimum atomic E-state index is -0.469. The zero-order valence-corrected chi connectivity index (χ0v) is 34.4. The van der Waals surface area contributed by atoms with Gasteiger partial charge in [0.2, 0.25) is 0 Å². The molecular formula is C60H39N3. The van der Waals surface area contributed by atoms with Crippen LogP contribution in [-0.2, 0) is 5.41 Å². The molecule has 0 radical (unpaired) electrons. The Hall–Kier alpha value is -8.27. The minimum Gasteiger partial charge on any atom is -0.208 e. The summed E-state index contributed by atoms with van der Waals surface area (Å²) in [6.07, 6.45) is 0. The van der Waals surface area contributed by atoms with E-state index in [-0.39, 0.29) is 0 Å². The topological polar surface area (TPSA) is 38.7 Å². The highest BCUT2D eigenvalue weighted by Crippen LogP contribution is 2.57. The van der Waals surface area contributed by atoms with E-state index < -0.39 is 5.41 Å². The van der Waals surface area contributed by atoms with E-state index in [0.29, 0.717) is 17.5 Å². The first kappa shape index (κ1) is 36.6. The lowest BCUT2D eigenvalue weighted by atomic mass is 9.67. The highest BCUT2D eigenvalue weighted by Gasteiger charge is 2.46. The zero-order valence-electron chi connectivity index (χ0n) is 34.4. The fourth-order valence-electron chi connectivity index (χ4n) is 10.1. The Bertz CT molecular complexity index is 3390. The van der Waals surface area contributed by atoms with Crippen molar-refractivity contribution >= 4 is 21.5 Å². The predicted octanol–water partition coefficient (Wildman–Crippen LogP) is 14.9. The van der Waals surface area contributed by atoms with Gasteiger partial charge in [0.05, 0.1) is 5.41 Å². The molecule has 0 saturated heterocycles. The van der Waals surface area contributed by atoms with Gasteiger partial charge in [-0.15, -0.1) is 0 Å². The van der Waals surface area contributed by atoms with Crippen LogP contribution in [0.2, 0.25) is 0 Å². The fourth-order valence-corrected chi connectivity index (χ4v) is 10.1. The Kier molecular flexibility index (Phi) is 8.72. The van der Waals surface area contributed by atoms with Crippen LogP contribution in [0.1, 0.15) is 22.3 Å². The Morgan fingerprint density at radius 1 is 0.238 bits per heavy atom. The molecule has 3 nitrogen and oxygen atoms in total. The third-order valence-electron chi connectivity index (χ3n) is 12.8. The van der Waals surface area contributed by atoms with Crippen LogP contribution in [-0.4, -0.2) is 15.0 Å². The number of hydrogen-bond donors (Lipinski definition) is 0. The van der Waals surface area contributed by atoms with Gasteiger partial charge in [0.15, 0.2) is 17.5 Å². The van der Waals surface area contributed by atoms with Crippen molar-refractivity contribution in [3.8, 4) is 67.5 Å². The van der Waals surface area contributed by atoms with Crippen molar-refractivity contribution < 1.29 is 0 Å². The SMILES string of the molecule is c1ccc(-c2nc(-c3ccccc3)nc(-c3ccc(-c4ccc(-c5ccc6c(c5)C(c5ccccc5)(c5ccccc5)c5ccccc5-6)c5ccccc45)c4ccccc34)n2)cc1. The number of nitrogens with zero attached hydrogens (tertiary/aromatic N) is 3. The van der Waals surface area contributed by atoms with Crippen molar-refractivity contribution in [3.63, 3.8) is 0 Å². The molecule has 12 rings (SSSR count). The zero-order chi connectivity index (χ0) is 41.7. The molecule has 0 aliphatic heterocycles. The smallest absolute Gasteiger partial charge is 0.164 e. The summed E-state index contributed by atoms with van der Waals surface area (Å²) in [4.78, 5) is 15.2. The van der Waals surface area contributed by atoms with Gasteiger partial charge in [0.1, 0.15) is 0 Å². The highest BCUT2D eigenvalue weighted by molar-refractivity contribution is 6.12. The Morgan fingerprint density at radius 2 is 0.619 bits per heavy atom. The molecule has 63 heavy (non-hydrogen) atoms. The molecule has 3 heteroatoms. The fraction of sp³-hybridized carbons (Fsp3) is 0.0167. The Labute approximate surface area is 366 Å². The standard InChI is InChI=1S/C60H39N3/c1-5-19-40(20-6-1)57-61-58(41-21-7-2-8-22-41)63-59(62-57)54-38-37-51(48-29-15-16-30-49(48)54)50-36-35-45(46-27-13-14-28-47(46)50)42-33-34-53-52-31-17-18-32-55(52)60(56(53)39-42,43-23-9-3-10-24-43)44-25-11-4-12-26-44/h1-39H. The van der Waals surface area contributed by atoms with Crippen molar-refractivity contribution in [2.45, 2.75) is 5.41 Å². The third kappa shape index (κ3) is 5.93. The van der Waals surface area contributed by atoms with Gasteiger partial charge in [-0.2, -0.15) is 0 Å². The third-order valence-corrected chi connectivity index (χ3v) is 12.8. The second-order valence-corrected chi connectivity index (χ2v) is 16.2. The van der Waals surface area contributed by atoms with Crippen LogP contribution in [0.15, 0.2) is 237 Å². The molecule has 0 atom stereocenters. The average molecular weight is 802 g/mol. The first-order valence-corrected chi connectivity index (χ1v) is 21.5. The molecule has 1 heterocycles. The molecule has 10 aromatic carbocycles. The van der Waals surface area contributed by atoms with E-state index >= 15 is 0 Å². The molecule has 294 valence electrons. The summed E-state index contributed by atoms with van der Waals surface area (Å²) in [6.45, 7) is 0. The van der Waals surface area contributed by atoms with Gasteiger partial charge in [-0.3, -0.25) is 0 Å². The van der Waals surface area contributed by atoms with E-state index in [1.54, 1.807) is 0 Å². The van der Waals surface area contributed by atoms with Crippen LogP contribution in [0, 0.1) is 0 Å². The predicted molar refractivity (Wildman–Crippen MR) is 259 cm³/mol. The van der Waals surface area contributed by atoms with Gasteiger partial charge in [0, 0.05) is 16.7 Å². The summed E-state index contributed by atoms with van der Waals surface area (Å²) >= 11 is 0. The molecule has 0 N–H and O–H groups in total. The van der Waals surface area contributed by atoms with Crippen molar-refractivity contribution in [2.24, 2.45) is 0 Å². The highest BCUT2D eigenvalue weighted by atomic mass is 15.0. The maximum absolute atomic E-state index is 5.11. The Morgan fingerprint density at radius 3 is 1.17 bits per heavy atom. The second kappa shape index (κ2) is 15.0. The molecule has 0 bridgehead atoms. The van der Waals surface area contributed by atoms with Crippen LogP contribution in [0.4, 0.5) is 0 Å². The van der Waals surface area contributed by atoms with E-state index in [2.05, 4.69) is 200 Å². The van der Waals surface area contributed by atoms with E-state index in [1.807, 2.05) is 36.4 Å². The van der Waals surface area contributed by atoms with Crippen LogP contribution < -0.4 is 0 Å². The van der Waals surface area contributed by atoms with E-state index in [0.717, 1.165) is 33.0 Å². The molecular weight excluding hydrogens is 763 g/mol. The summed E-state index contributed by atoms with van der Waals surface area (Å²) < 4.78 is 0. The van der Waals surface area contributed by atoms with Crippen molar-refractivity contribution in [1.82, 2.24) is 15.0 Å². The summed E-state index contributed by atoms with van der Waals surface area (Å²) in [7, 11) is 0. The second-order valence-electron chi connectivity index (χ2n) is 16.2. The summed E-state index contributed by atoms with van der Waals surface area (Å²) in [5.41, 5.74) is 14.8. The van der Waals surface area contributed by atoms with Crippen LogP contribution >= 0.6 is 0 Å². The molecule has 0 amide bonds. The van der Waals surface area contributed by atoms with E-state index in [1.165, 1.54) is 60.8 Å². The van der Waals surface area contributed by atoms with E-state index in [9.17, 15) is 0 Å². The number of benzene rings is 10. The van der Waals surface area contributed by atoms with Crippen LogP contribution in [0.3, 0.4) is 0 Å². The molecule has 11 aromatic rings. The summed E-state index contributed by atoms with van der Waals surface area (Å²) in [5.74, 6) is 1.94. The molecule has 1 aromatic heterocycles. The van der Waals surface area contributed by atoms with Gasteiger partial charge in [-0.05, 0) is 89.3 Å². The largest absolute Gasteiger partial charge is 0.208 e. The van der Waals surface area contributed by atoms with Gasteiger partial charge in [-0.25, -0.2) is 15.0 Å². The maximum Gasteiger partial charge on any atom is 0.164 e. The molecule has 0 spiro atoms. The first-order valence-electron chi connectivity index (χ1n) is 21.5. The van der Waals surface area contributed by atoms with Crippen molar-refractivity contribution in [3.05, 3.63) is 259 Å². The lowest BCUT2D eigenvalue weighted by molar-refractivity contribution is 0.769. The number of hydrogen-bond acceptors (Lipinski definition) is 3. The average Bonchev–Trinajstić information content (AvgIpc) is 3.67. The van der Waals surface area contributed by atoms with Crippen molar-refractivity contribution in [1.29, 1.82) is 0 Å². The van der Waals surface area contributed by atoms with E-state index in [4.69, 9.17) is 15.0 Å².